The van der Waals surface area contributed by atoms with Crippen LogP contribution in [0.25, 0.3) is 88.3 Å². The van der Waals surface area contributed by atoms with Crippen molar-refractivity contribution in [2.75, 3.05) is 4.90 Å². The Kier molecular flexibility index (Phi) is 8.55. The molecule has 0 radical (unpaired) electrons. The summed E-state index contributed by atoms with van der Waals surface area (Å²) < 4.78 is 6.39. The Bertz CT molecular complexity index is 3550. The Hall–Kier alpha value is -7.94. The van der Waals surface area contributed by atoms with Crippen molar-refractivity contribution < 1.29 is 4.42 Å². The van der Waals surface area contributed by atoms with E-state index in [2.05, 4.69) is 237 Å². The third kappa shape index (κ3) is 5.94. The smallest absolute Gasteiger partial charge is 0.136 e. The fourth-order valence-corrected chi connectivity index (χ4v) is 10.3. The van der Waals surface area contributed by atoms with E-state index >= 15 is 0 Å². The Labute approximate surface area is 368 Å². The van der Waals surface area contributed by atoms with E-state index in [1.807, 2.05) is 6.07 Å². The van der Waals surface area contributed by atoms with Crippen molar-refractivity contribution in [3.8, 4) is 55.6 Å². The third-order valence-corrected chi connectivity index (χ3v) is 13.3. The molecule has 0 unspecified atom stereocenters. The molecule has 1 heterocycles. The predicted octanol–water partition coefficient (Wildman–Crippen LogP) is 17.2. The molecular formula is C61H43NO. The number of para-hydroxylation sites is 3. The molecule has 0 atom stereocenters. The lowest BCUT2D eigenvalue weighted by atomic mass is 9.81. The first-order valence-corrected chi connectivity index (χ1v) is 21.8. The maximum Gasteiger partial charge on any atom is 0.136 e. The molecule has 2 nitrogen and oxygen atoms in total. The van der Waals surface area contributed by atoms with E-state index in [0.717, 1.165) is 61.3 Å². The standard InChI is InChI=1S/C61H43NO/c1-61(2)53-31-10-6-25-48(53)49-37-36-43(39-54(49)61)45-24-7-11-32-55(45)62(44-23-14-22-42(38-44)47-29-17-35-58-60(47)52-27-9-13-34-57(52)63-58)56-33-12-8-26-50(56)51-30-16-21-41-20-15-28-46(59(41)51)40-18-4-3-5-19-40/h3-39H,1-2H3. The van der Waals surface area contributed by atoms with E-state index in [0.29, 0.717) is 0 Å². The first-order chi connectivity index (χ1) is 31.0. The van der Waals surface area contributed by atoms with Gasteiger partial charge in [0.15, 0.2) is 0 Å². The van der Waals surface area contributed by atoms with Crippen LogP contribution in [0.5, 0.6) is 0 Å². The molecule has 0 fully saturated rings. The summed E-state index contributed by atoms with van der Waals surface area (Å²) in [6.07, 6.45) is 0. The fourth-order valence-electron chi connectivity index (χ4n) is 10.3. The minimum absolute atomic E-state index is 0.124. The average Bonchev–Trinajstić information content (AvgIpc) is 3.84. The van der Waals surface area contributed by atoms with E-state index in [1.165, 1.54) is 55.3 Å². The zero-order valence-corrected chi connectivity index (χ0v) is 35.2. The Morgan fingerprint density at radius 2 is 0.905 bits per heavy atom. The number of hydrogen-bond donors (Lipinski definition) is 0. The van der Waals surface area contributed by atoms with Gasteiger partial charge in [0.05, 0.1) is 11.4 Å². The Morgan fingerprint density at radius 3 is 1.73 bits per heavy atom. The zero-order valence-electron chi connectivity index (χ0n) is 35.2. The molecule has 0 N–H and O–H groups in total. The summed E-state index contributed by atoms with van der Waals surface area (Å²) in [5.74, 6) is 0. The second-order valence-corrected chi connectivity index (χ2v) is 17.2. The van der Waals surface area contributed by atoms with Gasteiger partial charge in [0, 0.05) is 33.0 Å². The fraction of sp³-hybridized carbons (Fsp3) is 0.0492. The first kappa shape index (κ1) is 36.9. The van der Waals surface area contributed by atoms with Gasteiger partial charge < -0.3 is 9.32 Å². The van der Waals surface area contributed by atoms with Gasteiger partial charge in [0.25, 0.3) is 0 Å². The topological polar surface area (TPSA) is 16.4 Å². The molecule has 1 aliphatic rings. The number of anilines is 3. The van der Waals surface area contributed by atoms with Crippen molar-refractivity contribution in [3.63, 3.8) is 0 Å². The predicted molar refractivity (Wildman–Crippen MR) is 265 cm³/mol. The Balaban J connectivity index is 1.11. The van der Waals surface area contributed by atoms with E-state index in [1.54, 1.807) is 0 Å². The van der Waals surface area contributed by atoms with Gasteiger partial charge in [0.1, 0.15) is 11.2 Å². The quantitative estimate of drug-likeness (QED) is 0.160. The number of hydrogen-bond acceptors (Lipinski definition) is 2. The van der Waals surface area contributed by atoms with E-state index in [4.69, 9.17) is 4.42 Å². The maximum absolute atomic E-state index is 6.39. The van der Waals surface area contributed by atoms with Crippen LogP contribution in [0.3, 0.4) is 0 Å². The van der Waals surface area contributed by atoms with Gasteiger partial charge >= 0.3 is 0 Å². The molecule has 10 aromatic carbocycles. The molecule has 298 valence electrons. The average molecular weight is 806 g/mol. The lowest BCUT2D eigenvalue weighted by molar-refractivity contribution is 0.660. The van der Waals surface area contributed by atoms with Crippen molar-refractivity contribution >= 4 is 49.8 Å². The zero-order chi connectivity index (χ0) is 42.1. The van der Waals surface area contributed by atoms with E-state index in [9.17, 15) is 0 Å². The molecule has 0 aliphatic heterocycles. The first-order valence-electron chi connectivity index (χ1n) is 21.8. The molecule has 0 amide bonds. The summed E-state index contributed by atoms with van der Waals surface area (Å²) in [6, 6.07) is 81.8. The van der Waals surface area contributed by atoms with Gasteiger partial charge in [-0.1, -0.05) is 196 Å². The molecule has 63 heavy (non-hydrogen) atoms. The monoisotopic (exact) mass is 805 g/mol. The molecule has 1 aliphatic carbocycles. The molecular weight excluding hydrogens is 763 g/mol. The normalized spacial score (nSPS) is 12.7. The molecule has 0 saturated heterocycles. The SMILES string of the molecule is CC1(C)c2ccccc2-c2ccc(-c3ccccc3N(c3cccc(-c4cccc5oc6ccccc6c45)c3)c3ccccc3-c3cccc4cccc(-c5ccccc5)c34)cc21. The molecule has 12 rings (SSSR count). The van der Waals surface area contributed by atoms with Gasteiger partial charge in [-0.15, -0.1) is 0 Å². The van der Waals surface area contributed by atoms with Gasteiger partial charge in [0.2, 0.25) is 0 Å². The Morgan fingerprint density at radius 1 is 0.349 bits per heavy atom. The van der Waals surface area contributed by atoms with Crippen LogP contribution < -0.4 is 4.90 Å². The molecule has 0 bridgehead atoms. The molecule has 11 aromatic rings. The van der Waals surface area contributed by atoms with E-state index in [-0.39, 0.29) is 5.41 Å². The van der Waals surface area contributed by atoms with Crippen LogP contribution in [-0.2, 0) is 5.41 Å². The summed E-state index contributed by atoms with van der Waals surface area (Å²) in [5.41, 5.74) is 19.7. The van der Waals surface area contributed by atoms with Crippen LogP contribution in [0.15, 0.2) is 229 Å². The van der Waals surface area contributed by atoms with Gasteiger partial charge in [-0.2, -0.15) is 0 Å². The van der Waals surface area contributed by atoms with Crippen LogP contribution in [-0.4, -0.2) is 0 Å². The van der Waals surface area contributed by atoms with Crippen LogP contribution in [0, 0.1) is 0 Å². The largest absolute Gasteiger partial charge is 0.456 e. The van der Waals surface area contributed by atoms with Gasteiger partial charge in [-0.3, -0.25) is 0 Å². The second-order valence-electron chi connectivity index (χ2n) is 17.2. The van der Waals surface area contributed by atoms with Crippen molar-refractivity contribution in [1.82, 2.24) is 0 Å². The highest BCUT2D eigenvalue weighted by atomic mass is 16.3. The second kappa shape index (κ2) is 14.6. The van der Waals surface area contributed by atoms with Crippen molar-refractivity contribution in [2.45, 2.75) is 19.3 Å². The number of nitrogens with zero attached hydrogens (tertiary/aromatic N) is 1. The van der Waals surface area contributed by atoms with Crippen molar-refractivity contribution in [3.05, 3.63) is 236 Å². The lowest BCUT2D eigenvalue weighted by Gasteiger charge is -2.31. The minimum Gasteiger partial charge on any atom is -0.456 e. The highest BCUT2D eigenvalue weighted by molar-refractivity contribution is 6.13. The highest BCUT2D eigenvalue weighted by Gasteiger charge is 2.35. The van der Waals surface area contributed by atoms with Crippen LogP contribution in [0.4, 0.5) is 17.1 Å². The maximum atomic E-state index is 6.39. The molecule has 1 aromatic heterocycles. The number of furan rings is 1. The molecule has 0 spiro atoms. The van der Waals surface area contributed by atoms with Crippen LogP contribution in [0.1, 0.15) is 25.0 Å². The highest BCUT2D eigenvalue weighted by Crippen LogP contribution is 2.52. The summed E-state index contributed by atoms with van der Waals surface area (Å²) in [6.45, 7) is 4.72. The lowest BCUT2D eigenvalue weighted by Crippen LogP contribution is -2.15. The van der Waals surface area contributed by atoms with E-state index < -0.39 is 0 Å². The summed E-state index contributed by atoms with van der Waals surface area (Å²) in [4.78, 5) is 2.48. The third-order valence-electron chi connectivity index (χ3n) is 13.3. The van der Waals surface area contributed by atoms with Gasteiger partial charge in [-0.05, 0) is 109 Å². The summed E-state index contributed by atoms with van der Waals surface area (Å²) >= 11 is 0. The summed E-state index contributed by atoms with van der Waals surface area (Å²) in [7, 11) is 0. The number of benzene rings is 10. The molecule has 0 saturated carbocycles. The van der Waals surface area contributed by atoms with Crippen LogP contribution >= 0.6 is 0 Å². The number of fused-ring (bicyclic) bond motifs is 7. The van der Waals surface area contributed by atoms with Crippen molar-refractivity contribution in [2.24, 2.45) is 0 Å². The van der Waals surface area contributed by atoms with Crippen LogP contribution in [0.2, 0.25) is 0 Å². The van der Waals surface area contributed by atoms with Gasteiger partial charge in [-0.25, -0.2) is 0 Å². The summed E-state index contributed by atoms with van der Waals surface area (Å²) in [5, 5.41) is 4.69. The molecule has 2 heteroatoms. The minimum atomic E-state index is -0.124. The number of rotatable bonds is 7. The van der Waals surface area contributed by atoms with Crippen molar-refractivity contribution in [1.29, 1.82) is 0 Å².